The molecule has 0 bridgehead atoms. The molecule has 6 nitrogen and oxygen atoms in total. The van der Waals surface area contributed by atoms with Gasteiger partial charge in [-0.1, -0.05) is 0 Å². The molecule has 19 heavy (non-hydrogen) atoms. The molecule has 1 aromatic carbocycles. The van der Waals surface area contributed by atoms with Crippen LogP contribution in [-0.4, -0.2) is 49.1 Å². The molecule has 0 unspecified atom stereocenters. The van der Waals surface area contributed by atoms with Gasteiger partial charge in [0.15, 0.2) is 0 Å². The molecule has 0 aliphatic heterocycles. The van der Waals surface area contributed by atoms with Crippen molar-refractivity contribution >= 4 is 34.5 Å². The molecule has 7 heteroatoms. The van der Waals surface area contributed by atoms with Crippen LogP contribution in [0.25, 0.3) is 0 Å². The lowest BCUT2D eigenvalue weighted by Gasteiger charge is -2.12. The predicted octanol–water partition coefficient (Wildman–Crippen LogP) is 0.998. The van der Waals surface area contributed by atoms with Crippen LogP contribution < -0.4 is 10.6 Å². The van der Waals surface area contributed by atoms with Crippen molar-refractivity contribution in [2.24, 2.45) is 0 Å². The number of carbonyl (C=O) groups excluding carboxylic acids is 2. The third-order valence-electron chi connectivity index (χ3n) is 2.30. The van der Waals surface area contributed by atoms with Crippen LogP contribution in [0.4, 0.5) is 4.79 Å². The normalized spacial score (nSPS) is 9.84. The quantitative estimate of drug-likeness (QED) is 0.541. The van der Waals surface area contributed by atoms with Crippen molar-refractivity contribution in [3.63, 3.8) is 0 Å². The van der Waals surface area contributed by atoms with E-state index in [4.69, 9.17) is 0 Å². The Bertz CT molecular complexity index is 477. The Kier molecular flexibility index (Phi) is 5.87. The highest BCUT2D eigenvalue weighted by atomic mass is 127. The first kappa shape index (κ1) is 15.5. The van der Waals surface area contributed by atoms with E-state index < -0.39 is 0 Å². The average molecular weight is 377 g/mol. The number of phenolic OH excluding ortho intramolecular Hbond substituents is 1. The van der Waals surface area contributed by atoms with E-state index in [9.17, 15) is 14.7 Å². The molecule has 0 aliphatic carbocycles. The molecule has 1 rings (SSSR count). The number of halogens is 1. The average Bonchev–Trinajstić information content (AvgIpc) is 2.36. The number of hydrogen-bond donors (Lipinski definition) is 3. The van der Waals surface area contributed by atoms with Gasteiger partial charge in [-0.25, -0.2) is 4.79 Å². The number of rotatable bonds is 4. The number of urea groups is 1. The number of nitrogens with zero attached hydrogens (tertiary/aromatic N) is 1. The lowest BCUT2D eigenvalue weighted by molar-refractivity contribution is 0.0951. The van der Waals surface area contributed by atoms with Gasteiger partial charge < -0.3 is 20.6 Å². The summed E-state index contributed by atoms with van der Waals surface area (Å²) in [7, 11) is 3.27. The van der Waals surface area contributed by atoms with E-state index >= 15 is 0 Å². The van der Waals surface area contributed by atoms with Crippen LogP contribution in [0.2, 0.25) is 0 Å². The minimum absolute atomic E-state index is 0.0600. The zero-order valence-electron chi connectivity index (χ0n) is 10.7. The van der Waals surface area contributed by atoms with Gasteiger partial charge in [0.05, 0.1) is 5.56 Å². The van der Waals surface area contributed by atoms with Crippen molar-refractivity contribution in [2.75, 3.05) is 27.2 Å². The summed E-state index contributed by atoms with van der Waals surface area (Å²) < 4.78 is 0.862. The fourth-order valence-corrected chi connectivity index (χ4v) is 1.78. The summed E-state index contributed by atoms with van der Waals surface area (Å²) in [4.78, 5) is 24.4. The standard InChI is InChI=1S/C12H16IN3O3/c1-16(2)12(19)15-6-5-14-11(18)9-7-8(13)3-4-10(9)17/h3-4,7,17H,5-6H2,1-2H3,(H,14,18)(H,15,19). The smallest absolute Gasteiger partial charge is 0.316 e. The summed E-state index contributed by atoms with van der Waals surface area (Å²) in [5.74, 6) is -0.426. The maximum absolute atomic E-state index is 11.8. The van der Waals surface area contributed by atoms with Crippen molar-refractivity contribution in [1.82, 2.24) is 15.5 Å². The summed E-state index contributed by atoms with van der Waals surface area (Å²) in [5.41, 5.74) is 0.228. The van der Waals surface area contributed by atoms with E-state index in [-0.39, 0.29) is 23.3 Å². The second-order valence-corrected chi connectivity index (χ2v) is 5.29. The number of hydrogen-bond acceptors (Lipinski definition) is 3. The van der Waals surface area contributed by atoms with Crippen molar-refractivity contribution in [1.29, 1.82) is 0 Å². The van der Waals surface area contributed by atoms with E-state index in [1.165, 1.54) is 11.0 Å². The highest BCUT2D eigenvalue weighted by Gasteiger charge is 2.11. The number of phenols is 1. The number of aromatic hydroxyl groups is 1. The maximum Gasteiger partial charge on any atom is 0.316 e. The summed E-state index contributed by atoms with van der Waals surface area (Å²) in [6.45, 7) is 0.622. The third kappa shape index (κ3) is 4.93. The van der Waals surface area contributed by atoms with Gasteiger partial charge >= 0.3 is 6.03 Å². The summed E-state index contributed by atoms with van der Waals surface area (Å²) in [5, 5.41) is 14.8. The molecule has 0 saturated heterocycles. The molecule has 3 amide bonds. The van der Waals surface area contributed by atoms with Crippen molar-refractivity contribution < 1.29 is 14.7 Å². The summed E-state index contributed by atoms with van der Waals surface area (Å²) in [6, 6.07) is 4.57. The lowest BCUT2D eigenvalue weighted by Crippen LogP contribution is -2.39. The van der Waals surface area contributed by atoms with Gasteiger partial charge in [0.25, 0.3) is 5.91 Å². The van der Waals surface area contributed by atoms with Gasteiger partial charge in [0, 0.05) is 30.8 Å². The first-order valence-corrected chi connectivity index (χ1v) is 6.71. The Hall–Kier alpha value is -1.51. The monoisotopic (exact) mass is 377 g/mol. The molecule has 0 radical (unpaired) electrons. The SMILES string of the molecule is CN(C)C(=O)NCCNC(=O)c1cc(I)ccc1O. The van der Waals surface area contributed by atoms with Crippen LogP contribution in [0.5, 0.6) is 5.75 Å². The van der Waals surface area contributed by atoms with Gasteiger partial charge in [0.1, 0.15) is 5.75 Å². The van der Waals surface area contributed by atoms with Gasteiger partial charge in [-0.05, 0) is 40.8 Å². The van der Waals surface area contributed by atoms with E-state index in [0.29, 0.717) is 13.1 Å². The first-order valence-electron chi connectivity index (χ1n) is 5.63. The van der Waals surface area contributed by atoms with E-state index in [1.807, 2.05) is 0 Å². The first-order chi connectivity index (χ1) is 8.91. The minimum Gasteiger partial charge on any atom is -0.507 e. The number of amides is 3. The van der Waals surface area contributed by atoms with Crippen LogP contribution in [0, 0.1) is 3.57 Å². The molecule has 0 aliphatic rings. The Morgan fingerprint density at radius 1 is 1.26 bits per heavy atom. The maximum atomic E-state index is 11.8. The molecule has 0 fully saturated rings. The minimum atomic E-state index is -0.366. The molecule has 1 aromatic rings. The van der Waals surface area contributed by atoms with Gasteiger partial charge in [-0.2, -0.15) is 0 Å². The number of carbonyl (C=O) groups is 2. The number of benzene rings is 1. The molecule has 0 atom stereocenters. The molecule has 3 N–H and O–H groups in total. The fraction of sp³-hybridized carbons (Fsp3) is 0.333. The van der Waals surface area contributed by atoms with Gasteiger partial charge in [-0.3, -0.25) is 4.79 Å². The van der Waals surface area contributed by atoms with Gasteiger partial charge in [-0.15, -0.1) is 0 Å². The Morgan fingerprint density at radius 3 is 2.53 bits per heavy atom. The largest absolute Gasteiger partial charge is 0.507 e. The topological polar surface area (TPSA) is 81.7 Å². The lowest BCUT2D eigenvalue weighted by atomic mass is 10.2. The molecule has 0 spiro atoms. The molecule has 104 valence electrons. The van der Waals surface area contributed by atoms with Crippen molar-refractivity contribution in [3.05, 3.63) is 27.3 Å². The molecular formula is C12H16IN3O3. The van der Waals surface area contributed by atoms with Crippen molar-refractivity contribution in [3.8, 4) is 5.75 Å². The van der Waals surface area contributed by atoms with Crippen LogP contribution >= 0.6 is 22.6 Å². The van der Waals surface area contributed by atoms with Gasteiger partial charge in [0.2, 0.25) is 0 Å². The van der Waals surface area contributed by atoms with Crippen LogP contribution in [0.15, 0.2) is 18.2 Å². The zero-order chi connectivity index (χ0) is 14.4. The molecule has 0 heterocycles. The summed E-state index contributed by atoms with van der Waals surface area (Å²) >= 11 is 2.06. The second-order valence-electron chi connectivity index (χ2n) is 4.04. The molecular weight excluding hydrogens is 361 g/mol. The van der Waals surface area contributed by atoms with Crippen LogP contribution in [-0.2, 0) is 0 Å². The summed E-state index contributed by atoms with van der Waals surface area (Å²) in [6.07, 6.45) is 0. The Labute approximate surface area is 125 Å². The predicted molar refractivity (Wildman–Crippen MR) is 80.2 cm³/mol. The highest BCUT2D eigenvalue weighted by molar-refractivity contribution is 14.1. The highest BCUT2D eigenvalue weighted by Crippen LogP contribution is 2.19. The molecule has 0 aromatic heterocycles. The fourth-order valence-electron chi connectivity index (χ4n) is 1.29. The zero-order valence-corrected chi connectivity index (χ0v) is 12.9. The van der Waals surface area contributed by atoms with E-state index in [1.54, 1.807) is 26.2 Å². The third-order valence-corrected chi connectivity index (χ3v) is 2.97. The second kappa shape index (κ2) is 7.17. The van der Waals surface area contributed by atoms with Crippen molar-refractivity contribution in [2.45, 2.75) is 0 Å². The Balaban J connectivity index is 2.44. The Morgan fingerprint density at radius 2 is 1.89 bits per heavy atom. The van der Waals surface area contributed by atoms with E-state index in [2.05, 4.69) is 33.2 Å². The number of nitrogens with one attached hydrogen (secondary N) is 2. The van der Waals surface area contributed by atoms with Crippen LogP contribution in [0.3, 0.4) is 0 Å². The van der Waals surface area contributed by atoms with Crippen LogP contribution in [0.1, 0.15) is 10.4 Å². The van der Waals surface area contributed by atoms with E-state index in [0.717, 1.165) is 3.57 Å². The molecule has 0 saturated carbocycles.